The van der Waals surface area contributed by atoms with Gasteiger partial charge in [0, 0.05) is 38.8 Å². The molecule has 1 spiro atoms. The van der Waals surface area contributed by atoms with Crippen LogP contribution in [0.2, 0.25) is 0 Å². The number of benzene rings is 1. The molecule has 1 atom stereocenters. The van der Waals surface area contributed by atoms with Crippen molar-refractivity contribution in [2.24, 2.45) is 0 Å². The van der Waals surface area contributed by atoms with Gasteiger partial charge in [0.1, 0.15) is 11.6 Å². The van der Waals surface area contributed by atoms with E-state index < -0.39 is 11.4 Å². The lowest BCUT2D eigenvalue weighted by atomic mass is 9.88. The van der Waals surface area contributed by atoms with Crippen LogP contribution in [-0.4, -0.2) is 65.1 Å². The van der Waals surface area contributed by atoms with Crippen LogP contribution in [0.1, 0.15) is 35.8 Å². The zero-order valence-corrected chi connectivity index (χ0v) is 19.6. The van der Waals surface area contributed by atoms with Gasteiger partial charge in [-0.25, -0.2) is 8.78 Å². The Balaban J connectivity index is 0.00000181. The lowest BCUT2D eigenvalue weighted by Gasteiger charge is -2.49. The molecule has 1 amide bonds. The molecule has 2 fully saturated rings. The number of carbonyl (C=O) groups excluding carboxylic acids is 1. The van der Waals surface area contributed by atoms with E-state index in [1.807, 2.05) is 6.92 Å². The van der Waals surface area contributed by atoms with Gasteiger partial charge in [-0.1, -0.05) is 12.1 Å². The quantitative estimate of drug-likeness (QED) is 0.649. The Labute approximate surface area is 200 Å². The highest BCUT2D eigenvalue weighted by Gasteiger charge is 2.43. The van der Waals surface area contributed by atoms with E-state index in [0.29, 0.717) is 25.2 Å². The van der Waals surface area contributed by atoms with Gasteiger partial charge < -0.3 is 14.5 Å². The molecule has 3 heterocycles. The number of ether oxygens (including phenoxy) is 1. The maximum absolute atomic E-state index is 14.1. The van der Waals surface area contributed by atoms with Crippen molar-refractivity contribution in [2.75, 3.05) is 32.7 Å². The van der Waals surface area contributed by atoms with E-state index in [1.54, 1.807) is 29.3 Å². The molecule has 2 aliphatic heterocycles. The summed E-state index contributed by atoms with van der Waals surface area (Å²) < 4.78 is 34.2. The van der Waals surface area contributed by atoms with Crippen LogP contribution in [-0.2, 0) is 11.2 Å². The molecule has 32 heavy (non-hydrogen) atoms. The second-order valence-corrected chi connectivity index (χ2v) is 8.30. The monoisotopic (exact) mass is 487 g/mol. The fraction of sp³-hybridized carbons (Fsp3) is 0.478. The lowest BCUT2D eigenvalue weighted by Crippen LogP contribution is -2.60. The second-order valence-electron chi connectivity index (χ2n) is 8.30. The molecule has 9 heteroatoms. The standard InChI is InChI=1S/C23H27F2N3O2.2ClH/c1-17-15-28(22(29)18-5-2-3-6-19(18)24)16-23(30-17)9-13-27(14-10-23)12-8-21-20(25)7-4-11-26-21;;/h2-7,11,17H,8-10,12-16H2,1H3;2*1H. The van der Waals surface area contributed by atoms with E-state index in [9.17, 15) is 13.6 Å². The zero-order valence-electron chi connectivity index (χ0n) is 18.0. The highest BCUT2D eigenvalue weighted by atomic mass is 35.5. The summed E-state index contributed by atoms with van der Waals surface area (Å²) >= 11 is 0. The number of morpholine rings is 1. The van der Waals surface area contributed by atoms with Crippen molar-refractivity contribution >= 4 is 30.7 Å². The molecule has 0 saturated carbocycles. The van der Waals surface area contributed by atoms with Gasteiger partial charge in [0.2, 0.25) is 0 Å². The normalized spacial score (nSPS) is 20.3. The molecule has 1 aromatic heterocycles. The van der Waals surface area contributed by atoms with Crippen molar-refractivity contribution in [3.63, 3.8) is 0 Å². The number of likely N-dealkylation sites (tertiary alicyclic amines) is 1. The predicted molar refractivity (Wildman–Crippen MR) is 124 cm³/mol. The molecule has 2 aromatic rings. The zero-order chi connectivity index (χ0) is 21.1. The number of carbonyl (C=O) groups is 1. The van der Waals surface area contributed by atoms with E-state index in [4.69, 9.17) is 4.74 Å². The summed E-state index contributed by atoms with van der Waals surface area (Å²) in [6.07, 6.45) is 3.63. The maximum atomic E-state index is 14.1. The first kappa shape index (κ1) is 26.5. The van der Waals surface area contributed by atoms with E-state index in [0.717, 1.165) is 32.5 Å². The van der Waals surface area contributed by atoms with Crippen molar-refractivity contribution in [3.8, 4) is 0 Å². The largest absolute Gasteiger partial charge is 0.368 e. The molecular formula is C23H29Cl2F2N3O2. The first-order chi connectivity index (χ1) is 14.5. The van der Waals surface area contributed by atoms with Crippen molar-refractivity contribution in [2.45, 2.75) is 37.9 Å². The van der Waals surface area contributed by atoms with Crippen LogP contribution in [0.15, 0.2) is 42.6 Å². The van der Waals surface area contributed by atoms with Gasteiger partial charge in [-0.15, -0.1) is 24.8 Å². The summed E-state index contributed by atoms with van der Waals surface area (Å²) in [5, 5.41) is 0. The SMILES string of the molecule is CC1CN(C(=O)c2ccccc2F)CC2(CCN(CCc3ncccc3F)CC2)O1.Cl.Cl. The topological polar surface area (TPSA) is 45.7 Å². The molecule has 0 radical (unpaired) electrons. The van der Waals surface area contributed by atoms with Crippen LogP contribution in [0.3, 0.4) is 0 Å². The minimum atomic E-state index is -0.493. The molecule has 1 unspecified atom stereocenters. The fourth-order valence-corrected chi connectivity index (χ4v) is 4.51. The van der Waals surface area contributed by atoms with Gasteiger partial charge in [0.05, 0.1) is 29.5 Å². The Kier molecular flexibility index (Phi) is 9.40. The summed E-state index contributed by atoms with van der Waals surface area (Å²) in [5.74, 6) is -1.04. The first-order valence-corrected chi connectivity index (χ1v) is 10.5. The summed E-state index contributed by atoms with van der Waals surface area (Å²) in [6.45, 7) is 5.23. The molecule has 2 aliphatic rings. The molecule has 0 aliphatic carbocycles. The number of aromatic nitrogens is 1. The number of rotatable bonds is 4. The number of hydrogen-bond acceptors (Lipinski definition) is 4. The van der Waals surface area contributed by atoms with E-state index in [1.165, 1.54) is 18.2 Å². The number of pyridine rings is 1. The highest BCUT2D eigenvalue weighted by molar-refractivity contribution is 5.94. The van der Waals surface area contributed by atoms with Crippen LogP contribution < -0.4 is 0 Å². The van der Waals surface area contributed by atoms with Gasteiger partial charge in [0.15, 0.2) is 0 Å². The molecule has 2 saturated heterocycles. The molecule has 0 bridgehead atoms. The van der Waals surface area contributed by atoms with Gasteiger partial charge in [0.25, 0.3) is 5.91 Å². The minimum absolute atomic E-state index is 0. The number of hydrogen-bond donors (Lipinski definition) is 0. The molecule has 0 N–H and O–H groups in total. The summed E-state index contributed by atoms with van der Waals surface area (Å²) in [6, 6.07) is 9.14. The molecule has 1 aromatic carbocycles. The Bertz CT molecular complexity index is 910. The van der Waals surface area contributed by atoms with Crippen LogP contribution in [0.25, 0.3) is 0 Å². The maximum Gasteiger partial charge on any atom is 0.257 e. The lowest BCUT2D eigenvalue weighted by molar-refractivity contribution is -0.161. The third-order valence-corrected chi connectivity index (χ3v) is 6.07. The number of nitrogens with zero attached hydrogens (tertiary/aromatic N) is 3. The predicted octanol–water partition coefficient (Wildman–Crippen LogP) is 4.14. The van der Waals surface area contributed by atoms with Gasteiger partial charge in [-0.2, -0.15) is 0 Å². The molecule has 176 valence electrons. The van der Waals surface area contributed by atoms with Crippen LogP contribution >= 0.6 is 24.8 Å². The second kappa shape index (κ2) is 11.4. The van der Waals surface area contributed by atoms with Crippen LogP contribution in [0, 0.1) is 11.6 Å². The van der Waals surface area contributed by atoms with E-state index in [-0.39, 0.29) is 48.2 Å². The van der Waals surface area contributed by atoms with Gasteiger partial charge in [-0.05, 0) is 44.0 Å². The summed E-state index contributed by atoms with van der Waals surface area (Å²) in [5.41, 5.74) is 0.185. The van der Waals surface area contributed by atoms with E-state index >= 15 is 0 Å². The van der Waals surface area contributed by atoms with Crippen molar-refractivity contribution in [1.29, 1.82) is 0 Å². The number of piperidine rings is 1. The van der Waals surface area contributed by atoms with Gasteiger partial charge in [-0.3, -0.25) is 9.78 Å². The Morgan fingerprint density at radius 2 is 1.81 bits per heavy atom. The number of amides is 1. The summed E-state index contributed by atoms with van der Waals surface area (Å²) in [7, 11) is 0. The Morgan fingerprint density at radius 3 is 2.50 bits per heavy atom. The third kappa shape index (κ3) is 5.95. The Hall–Kier alpha value is -1.80. The highest BCUT2D eigenvalue weighted by Crippen LogP contribution is 2.33. The van der Waals surface area contributed by atoms with E-state index in [2.05, 4.69) is 9.88 Å². The molecule has 5 nitrogen and oxygen atoms in total. The molecular weight excluding hydrogens is 459 g/mol. The summed E-state index contributed by atoms with van der Waals surface area (Å²) in [4.78, 5) is 21.1. The average molecular weight is 488 g/mol. The number of halogens is 4. The molecule has 4 rings (SSSR count). The van der Waals surface area contributed by atoms with Crippen molar-refractivity contribution in [1.82, 2.24) is 14.8 Å². The van der Waals surface area contributed by atoms with Crippen molar-refractivity contribution < 1.29 is 18.3 Å². The average Bonchev–Trinajstić information content (AvgIpc) is 2.74. The third-order valence-electron chi connectivity index (χ3n) is 6.07. The van der Waals surface area contributed by atoms with Gasteiger partial charge >= 0.3 is 0 Å². The Morgan fingerprint density at radius 1 is 1.12 bits per heavy atom. The minimum Gasteiger partial charge on any atom is -0.368 e. The van der Waals surface area contributed by atoms with Crippen LogP contribution in [0.5, 0.6) is 0 Å². The van der Waals surface area contributed by atoms with Crippen molar-refractivity contribution in [3.05, 3.63) is 65.5 Å². The van der Waals surface area contributed by atoms with Crippen LogP contribution in [0.4, 0.5) is 8.78 Å². The fourth-order valence-electron chi connectivity index (χ4n) is 4.51. The smallest absolute Gasteiger partial charge is 0.257 e. The first-order valence-electron chi connectivity index (χ1n) is 10.5.